The quantitative estimate of drug-likeness (QED) is 0.363. The van der Waals surface area contributed by atoms with Gasteiger partial charge < -0.3 is 24.4 Å². The van der Waals surface area contributed by atoms with Crippen molar-refractivity contribution in [3.63, 3.8) is 0 Å². The molecule has 1 aromatic rings. The summed E-state index contributed by atoms with van der Waals surface area (Å²) >= 11 is 0. The number of aliphatic carboxylic acids is 1. The van der Waals surface area contributed by atoms with E-state index in [9.17, 15) is 28.7 Å². The Labute approximate surface area is 242 Å². The van der Waals surface area contributed by atoms with Crippen molar-refractivity contribution < 1.29 is 38.1 Å². The first kappa shape index (κ1) is 32.3. The van der Waals surface area contributed by atoms with Crippen LogP contribution >= 0.6 is 0 Å². The number of likely N-dealkylation sites (tertiary alicyclic amines) is 2. The Morgan fingerprint density at radius 3 is 2.44 bits per heavy atom. The van der Waals surface area contributed by atoms with Crippen molar-refractivity contribution in [1.82, 2.24) is 9.80 Å². The largest absolute Gasteiger partial charge is 0.491 e. The molecule has 228 valence electrons. The second-order valence-electron chi connectivity index (χ2n) is 12.2. The van der Waals surface area contributed by atoms with Gasteiger partial charge in [0.05, 0.1) is 6.42 Å². The summed E-state index contributed by atoms with van der Waals surface area (Å²) in [5, 5.41) is 9.48. The number of ketones is 1. The fourth-order valence-corrected chi connectivity index (χ4v) is 5.63. The van der Waals surface area contributed by atoms with Crippen LogP contribution < -0.4 is 4.74 Å². The third-order valence-electron chi connectivity index (χ3n) is 7.81. The van der Waals surface area contributed by atoms with Gasteiger partial charge >= 0.3 is 12.1 Å². The monoisotopic (exact) mass is 576 g/mol. The molecule has 0 aliphatic carbocycles. The summed E-state index contributed by atoms with van der Waals surface area (Å²) in [5.74, 6) is -1.07. The number of alkyl halides is 1. The number of ether oxygens (including phenoxy) is 2. The van der Waals surface area contributed by atoms with Crippen molar-refractivity contribution in [3.8, 4) is 5.75 Å². The Morgan fingerprint density at radius 1 is 1.05 bits per heavy atom. The van der Waals surface area contributed by atoms with Crippen LogP contribution in [0.25, 0.3) is 0 Å². The van der Waals surface area contributed by atoms with E-state index >= 15 is 0 Å². The van der Waals surface area contributed by atoms with Crippen molar-refractivity contribution in [2.45, 2.75) is 83.7 Å². The molecular formula is C31H45FN2O7. The molecule has 2 saturated heterocycles. The molecule has 41 heavy (non-hydrogen) atoms. The molecule has 0 spiro atoms. The molecule has 2 aliphatic heterocycles. The second kappa shape index (κ2) is 15.2. The first-order valence-corrected chi connectivity index (χ1v) is 14.7. The highest BCUT2D eigenvalue weighted by Crippen LogP contribution is 2.31. The minimum atomic E-state index is -1.00. The molecule has 2 aliphatic rings. The van der Waals surface area contributed by atoms with Gasteiger partial charge in [-0.05, 0) is 76.5 Å². The van der Waals surface area contributed by atoms with Gasteiger partial charge in [-0.25, -0.2) is 9.18 Å². The van der Waals surface area contributed by atoms with E-state index in [4.69, 9.17) is 9.47 Å². The molecule has 2 atom stereocenters. The predicted octanol–water partition coefficient (Wildman–Crippen LogP) is 5.22. The van der Waals surface area contributed by atoms with Crippen LogP contribution in [-0.2, 0) is 19.1 Å². The normalized spacial score (nSPS) is 19.0. The summed E-state index contributed by atoms with van der Waals surface area (Å²) in [6.45, 7) is 7.04. The highest BCUT2D eigenvalue weighted by Gasteiger charge is 2.32. The average Bonchev–Trinajstić information content (AvgIpc) is 2.93. The summed E-state index contributed by atoms with van der Waals surface area (Å²) in [6.07, 6.45) is 3.78. The number of carboxylic acids is 1. The van der Waals surface area contributed by atoms with Gasteiger partial charge in [0.1, 0.15) is 30.4 Å². The molecule has 3 rings (SSSR count). The highest BCUT2D eigenvalue weighted by molar-refractivity contribution is 5.84. The third kappa shape index (κ3) is 10.6. The van der Waals surface area contributed by atoms with E-state index in [0.29, 0.717) is 56.3 Å². The van der Waals surface area contributed by atoms with Gasteiger partial charge in [0.15, 0.2) is 0 Å². The number of carboxylic acid groups (broad SMARTS) is 1. The third-order valence-corrected chi connectivity index (χ3v) is 7.81. The van der Waals surface area contributed by atoms with E-state index < -0.39 is 24.2 Å². The number of piperidine rings is 2. The molecule has 2 fully saturated rings. The number of amides is 2. The number of carbonyl (C=O) groups is 4. The lowest BCUT2D eigenvalue weighted by Gasteiger charge is -2.35. The van der Waals surface area contributed by atoms with Gasteiger partial charge in [0.25, 0.3) is 0 Å². The molecule has 1 aromatic carbocycles. The number of carbonyl (C=O) groups excluding carboxylic acids is 3. The van der Waals surface area contributed by atoms with Crippen molar-refractivity contribution in [1.29, 1.82) is 0 Å². The summed E-state index contributed by atoms with van der Waals surface area (Å²) in [7, 11) is 0. The first-order chi connectivity index (χ1) is 19.4. The molecule has 10 heteroatoms. The van der Waals surface area contributed by atoms with Crippen LogP contribution in [0.4, 0.5) is 9.18 Å². The summed E-state index contributed by atoms with van der Waals surface area (Å²) < 4.78 is 23.3. The van der Waals surface area contributed by atoms with Gasteiger partial charge in [0.2, 0.25) is 5.91 Å². The Balaban J connectivity index is 1.49. The molecule has 0 saturated carbocycles. The Bertz CT molecular complexity index is 1050. The summed E-state index contributed by atoms with van der Waals surface area (Å²) in [5.41, 5.74) is 0.140. The number of Topliss-reactive ketones (excluding diaryl/α,β-unsaturated/α-hetero) is 1. The Kier molecular flexibility index (Phi) is 12.0. The standard InChI is InChI=1S/C31H45FN2O7/c1-31(2,3)41-30(39)33-15-11-22(12-16-33)9-10-28(36)34-14-5-7-24(21-34)27(35)19-25(20-29(37)38)23-6-4-8-26(18-23)40-17-13-32/h4,6,8,18,22,24-25H,5,7,9-17,19-21H2,1-3H3,(H,37,38)/t24-,25?/m1/s1. The molecule has 0 bridgehead atoms. The average molecular weight is 577 g/mol. The minimum Gasteiger partial charge on any atom is -0.491 e. The smallest absolute Gasteiger partial charge is 0.410 e. The first-order valence-electron chi connectivity index (χ1n) is 14.7. The number of benzene rings is 1. The SMILES string of the molecule is CC(C)(C)OC(=O)N1CCC(CCC(=O)N2CCC[C@@H](C(=O)CC(CC(=O)O)c3cccc(OCCF)c3)C2)CC1. The van der Waals surface area contributed by atoms with E-state index in [2.05, 4.69) is 0 Å². The summed E-state index contributed by atoms with van der Waals surface area (Å²) in [6, 6.07) is 6.82. The van der Waals surface area contributed by atoms with Crippen LogP contribution in [0.1, 0.15) is 83.6 Å². The van der Waals surface area contributed by atoms with Crippen LogP contribution in [0.2, 0.25) is 0 Å². The van der Waals surface area contributed by atoms with Crippen molar-refractivity contribution in [2.75, 3.05) is 39.5 Å². The fourth-order valence-electron chi connectivity index (χ4n) is 5.63. The van der Waals surface area contributed by atoms with Crippen LogP contribution in [-0.4, -0.2) is 83.7 Å². The van der Waals surface area contributed by atoms with E-state index in [1.165, 1.54) is 0 Å². The van der Waals surface area contributed by atoms with E-state index in [0.717, 1.165) is 25.7 Å². The number of halogens is 1. The molecular weight excluding hydrogens is 531 g/mol. The Hall–Kier alpha value is -3.17. The number of rotatable bonds is 12. The zero-order valence-electron chi connectivity index (χ0n) is 24.6. The molecule has 1 N–H and O–H groups in total. The van der Waals surface area contributed by atoms with E-state index in [-0.39, 0.29) is 43.2 Å². The maximum Gasteiger partial charge on any atom is 0.410 e. The van der Waals surface area contributed by atoms with Crippen LogP contribution in [0.5, 0.6) is 5.75 Å². The maximum absolute atomic E-state index is 13.3. The Morgan fingerprint density at radius 2 is 1.78 bits per heavy atom. The number of hydrogen-bond acceptors (Lipinski definition) is 6. The topological polar surface area (TPSA) is 113 Å². The highest BCUT2D eigenvalue weighted by atomic mass is 19.1. The maximum atomic E-state index is 13.3. The lowest BCUT2D eigenvalue weighted by Crippen LogP contribution is -2.43. The van der Waals surface area contributed by atoms with Crippen LogP contribution in [0, 0.1) is 11.8 Å². The molecule has 1 unspecified atom stereocenters. The van der Waals surface area contributed by atoms with Crippen LogP contribution in [0.3, 0.4) is 0 Å². The van der Waals surface area contributed by atoms with E-state index in [1.54, 1.807) is 34.1 Å². The lowest BCUT2D eigenvalue weighted by molar-refractivity contribution is -0.137. The van der Waals surface area contributed by atoms with Crippen LogP contribution in [0.15, 0.2) is 24.3 Å². The second-order valence-corrected chi connectivity index (χ2v) is 12.2. The van der Waals surface area contributed by atoms with Gasteiger partial charge in [-0.3, -0.25) is 14.4 Å². The zero-order valence-corrected chi connectivity index (χ0v) is 24.6. The zero-order chi connectivity index (χ0) is 30.0. The lowest BCUT2D eigenvalue weighted by atomic mass is 9.84. The van der Waals surface area contributed by atoms with Crippen molar-refractivity contribution in [3.05, 3.63) is 29.8 Å². The molecule has 0 radical (unpaired) electrons. The van der Waals surface area contributed by atoms with Gasteiger partial charge in [0, 0.05) is 50.9 Å². The van der Waals surface area contributed by atoms with Gasteiger partial charge in [-0.2, -0.15) is 0 Å². The molecule has 2 amide bonds. The van der Waals surface area contributed by atoms with Crippen molar-refractivity contribution >= 4 is 23.8 Å². The van der Waals surface area contributed by atoms with Crippen molar-refractivity contribution in [2.24, 2.45) is 11.8 Å². The fraction of sp³-hybridized carbons (Fsp3) is 0.677. The molecule has 2 heterocycles. The number of nitrogens with zero attached hydrogens (tertiary/aromatic N) is 2. The molecule has 0 aromatic heterocycles. The number of hydrogen-bond donors (Lipinski definition) is 1. The molecule has 9 nitrogen and oxygen atoms in total. The van der Waals surface area contributed by atoms with Gasteiger partial charge in [-0.1, -0.05) is 12.1 Å². The van der Waals surface area contributed by atoms with Gasteiger partial charge in [-0.15, -0.1) is 0 Å². The summed E-state index contributed by atoms with van der Waals surface area (Å²) in [4.78, 5) is 53.8. The predicted molar refractivity (Wildman–Crippen MR) is 152 cm³/mol. The van der Waals surface area contributed by atoms with E-state index in [1.807, 2.05) is 20.8 Å². The minimum absolute atomic E-state index is 0.0388.